The number of phosphoric acid groups is 1. The summed E-state index contributed by atoms with van der Waals surface area (Å²) in [6.45, 7) is 3.99. The lowest BCUT2D eigenvalue weighted by Gasteiger charge is -2.24. The minimum absolute atomic E-state index is 0.0211. The Kier molecular flexibility index (Phi) is 42.0. The standard InChI is InChI=1S/C52H96NO10P/c1-6-8-10-12-14-16-18-20-21-22-23-24-25-26-27-28-30-32-34-36-38-42-51(56)60-46-48(47-62-64(58,59)61-45-44-53(3,4)5)63-52(57)43-39-41-50(55)49(54)40-37-35-33-31-29-19-17-15-13-11-9-7-2/h9,11,15,17,29,31,35,37,48-50,54-55H,6-8,10,12-14,16,18-28,30,32-34,36,38-47H2,1-5H3/p+1/b11-9-,17-15-,31-29-,37-35-/t48-,49-,50-/m1/s1. The molecule has 0 saturated heterocycles. The third-order valence-corrected chi connectivity index (χ3v) is 12.1. The first kappa shape index (κ1) is 61.9. The van der Waals surface area contributed by atoms with Crippen molar-refractivity contribution < 1.29 is 52.3 Å². The molecule has 374 valence electrons. The van der Waals surface area contributed by atoms with Crippen molar-refractivity contribution >= 4 is 19.8 Å². The maximum atomic E-state index is 12.8. The summed E-state index contributed by atoms with van der Waals surface area (Å²) in [5.41, 5.74) is 0. The number of likely N-dealkylation sites (N-methyl/N-ethyl adjacent to an activating group) is 1. The molecule has 0 saturated carbocycles. The van der Waals surface area contributed by atoms with Crippen molar-refractivity contribution in [3.8, 4) is 0 Å². The summed E-state index contributed by atoms with van der Waals surface area (Å²) in [7, 11) is 1.30. The normalized spacial score (nSPS) is 14.8. The van der Waals surface area contributed by atoms with Crippen LogP contribution in [0, 0.1) is 0 Å². The second kappa shape index (κ2) is 43.5. The van der Waals surface area contributed by atoms with E-state index < -0.39 is 44.7 Å². The summed E-state index contributed by atoms with van der Waals surface area (Å²) in [5, 5.41) is 20.8. The minimum Gasteiger partial charge on any atom is -0.462 e. The van der Waals surface area contributed by atoms with E-state index in [2.05, 4.69) is 50.3 Å². The van der Waals surface area contributed by atoms with Crippen molar-refractivity contribution in [1.29, 1.82) is 0 Å². The van der Waals surface area contributed by atoms with Gasteiger partial charge in [-0.1, -0.05) is 191 Å². The van der Waals surface area contributed by atoms with Crippen LogP contribution in [0.3, 0.4) is 0 Å². The van der Waals surface area contributed by atoms with Gasteiger partial charge in [-0.25, -0.2) is 4.57 Å². The Morgan fingerprint density at radius 1 is 0.547 bits per heavy atom. The van der Waals surface area contributed by atoms with Gasteiger partial charge in [0.05, 0.1) is 40.0 Å². The molecule has 4 atom stereocenters. The number of hydrogen-bond donors (Lipinski definition) is 3. The molecule has 0 amide bonds. The highest BCUT2D eigenvalue weighted by molar-refractivity contribution is 7.47. The Labute approximate surface area is 391 Å². The first-order chi connectivity index (χ1) is 30.8. The Morgan fingerprint density at radius 3 is 1.45 bits per heavy atom. The van der Waals surface area contributed by atoms with Crippen LogP contribution in [0.15, 0.2) is 48.6 Å². The zero-order valence-corrected chi connectivity index (χ0v) is 42.4. The number of phosphoric ester groups is 1. The largest absolute Gasteiger partial charge is 0.472 e. The fourth-order valence-electron chi connectivity index (χ4n) is 6.99. The number of unbranched alkanes of at least 4 members (excludes halogenated alkanes) is 20. The van der Waals surface area contributed by atoms with Crippen LogP contribution >= 0.6 is 7.82 Å². The summed E-state index contributed by atoms with van der Waals surface area (Å²) in [5.74, 6) is -1.08. The van der Waals surface area contributed by atoms with E-state index in [4.69, 9.17) is 18.5 Å². The predicted molar refractivity (Wildman–Crippen MR) is 264 cm³/mol. The summed E-state index contributed by atoms with van der Waals surface area (Å²) < 4.78 is 34.2. The number of hydrogen-bond acceptors (Lipinski definition) is 9. The van der Waals surface area contributed by atoms with Gasteiger partial charge in [0.1, 0.15) is 19.8 Å². The Bertz CT molecular complexity index is 1260. The molecule has 0 aromatic carbocycles. The molecule has 0 bridgehead atoms. The quantitative estimate of drug-likeness (QED) is 0.0177. The van der Waals surface area contributed by atoms with E-state index in [0.717, 1.165) is 44.9 Å². The molecule has 11 nitrogen and oxygen atoms in total. The zero-order valence-electron chi connectivity index (χ0n) is 41.5. The molecule has 0 fully saturated rings. The molecule has 0 aliphatic heterocycles. The van der Waals surface area contributed by atoms with Gasteiger partial charge >= 0.3 is 19.8 Å². The molecule has 12 heteroatoms. The number of rotatable bonds is 46. The van der Waals surface area contributed by atoms with E-state index >= 15 is 0 Å². The van der Waals surface area contributed by atoms with Gasteiger partial charge < -0.3 is 29.1 Å². The average molecular weight is 927 g/mol. The van der Waals surface area contributed by atoms with Crippen molar-refractivity contribution in [3.63, 3.8) is 0 Å². The molecule has 0 spiro atoms. The van der Waals surface area contributed by atoms with E-state index in [1.165, 1.54) is 109 Å². The second-order valence-corrected chi connectivity index (χ2v) is 19.9. The van der Waals surface area contributed by atoms with Crippen molar-refractivity contribution in [1.82, 2.24) is 0 Å². The number of allylic oxidation sites excluding steroid dienone is 7. The number of carbonyl (C=O) groups excluding carboxylic acids is 2. The number of quaternary nitrogens is 1. The molecule has 0 aromatic heterocycles. The van der Waals surface area contributed by atoms with Crippen molar-refractivity contribution in [2.75, 3.05) is 47.5 Å². The molecule has 0 radical (unpaired) electrons. The third kappa shape index (κ3) is 45.1. The van der Waals surface area contributed by atoms with Gasteiger partial charge in [0.15, 0.2) is 6.10 Å². The smallest absolute Gasteiger partial charge is 0.462 e. The van der Waals surface area contributed by atoms with Crippen molar-refractivity contribution in [3.05, 3.63) is 48.6 Å². The highest BCUT2D eigenvalue weighted by Gasteiger charge is 2.27. The van der Waals surface area contributed by atoms with Crippen LogP contribution < -0.4 is 0 Å². The van der Waals surface area contributed by atoms with Crippen molar-refractivity contribution in [2.24, 2.45) is 0 Å². The highest BCUT2D eigenvalue weighted by Crippen LogP contribution is 2.43. The van der Waals surface area contributed by atoms with Gasteiger partial charge in [-0.05, 0) is 51.4 Å². The fraction of sp³-hybridized carbons (Fsp3) is 0.808. The molecule has 0 aliphatic carbocycles. The lowest BCUT2D eigenvalue weighted by atomic mass is 10.0. The van der Waals surface area contributed by atoms with E-state index in [1.54, 1.807) is 0 Å². The first-order valence-electron chi connectivity index (χ1n) is 25.5. The van der Waals surface area contributed by atoms with Crippen LogP contribution in [-0.2, 0) is 32.7 Å². The first-order valence-corrected chi connectivity index (χ1v) is 27.0. The van der Waals surface area contributed by atoms with Crippen LogP contribution in [-0.4, -0.2) is 97.3 Å². The Hall–Kier alpha value is -2.11. The van der Waals surface area contributed by atoms with Gasteiger partial charge in [0.2, 0.25) is 0 Å². The SMILES string of the molecule is CC/C=C\C/C=C\C/C=C\C/C=C\C[C@@H](O)[C@H](O)CCCC(=O)O[C@H](COC(=O)CCCCCCCCCCCCCCCCCCCCCCC)COP(=O)(O)OCC[N+](C)(C)C. The molecule has 0 aliphatic rings. The van der Waals surface area contributed by atoms with E-state index in [-0.39, 0.29) is 45.3 Å². The van der Waals surface area contributed by atoms with Crippen LogP contribution in [0.1, 0.15) is 206 Å². The summed E-state index contributed by atoms with van der Waals surface area (Å²) >= 11 is 0. The lowest BCUT2D eigenvalue weighted by Crippen LogP contribution is -2.37. The molecular formula is C52H97NO10P+. The number of esters is 2. The zero-order chi connectivity index (χ0) is 47.4. The van der Waals surface area contributed by atoms with E-state index in [1.807, 2.05) is 33.3 Å². The van der Waals surface area contributed by atoms with Crippen LogP contribution in [0.25, 0.3) is 0 Å². The van der Waals surface area contributed by atoms with Gasteiger partial charge in [0, 0.05) is 12.8 Å². The lowest BCUT2D eigenvalue weighted by molar-refractivity contribution is -0.870. The number of ether oxygens (including phenoxy) is 2. The summed E-state index contributed by atoms with van der Waals surface area (Å²) in [4.78, 5) is 35.6. The highest BCUT2D eigenvalue weighted by atomic mass is 31.2. The maximum Gasteiger partial charge on any atom is 0.472 e. The second-order valence-electron chi connectivity index (χ2n) is 18.5. The fourth-order valence-corrected chi connectivity index (χ4v) is 7.73. The monoisotopic (exact) mass is 927 g/mol. The van der Waals surface area contributed by atoms with Gasteiger partial charge in [-0.3, -0.25) is 18.6 Å². The molecule has 0 rings (SSSR count). The number of aliphatic hydroxyl groups excluding tert-OH is 2. The van der Waals surface area contributed by atoms with Gasteiger partial charge in [-0.2, -0.15) is 0 Å². The number of nitrogens with zero attached hydrogens (tertiary/aromatic N) is 1. The molecule has 3 N–H and O–H groups in total. The molecule has 1 unspecified atom stereocenters. The number of carbonyl (C=O) groups is 2. The van der Waals surface area contributed by atoms with E-state index in [0.29, 0.717) is 17.4 Å². The molecule has 64 heavy (non-hydrogen) atoms. The third-order valence-electron chi connectivity index (χ3n) is 11.1. The Balaban J connectivity index is 4.43. The van der Waals surface area contributed by atoms with Crippen LogP contribution in [0.4, 0.5) is 0 Å². The van der Waals surface area contributed by atoms with Crippen LogP contribution in [0.2, 0.25) is 0 Å². The van der Waals surface area contributed by atoms with Gasteiger partial charge in [-0.15, -0.1) is 0 Å². The summed E-state index contributed by atoms with van der Waals surface area (Å²) in [6.07, 6.45) is 44.8. The predicted octanol–water partition coefficient (Wildman–Crippen LogP) is 13.0. The molecule has 0 heterocycles. The average Bonchev–Trinajstić information content (AvgIpc) is 3.24. The molecular weight excluding hydrogens is 830 g/mol. The molecule has 0 aromatic rings. The van der Waals surface area contributed by atoms with Crippen LogP contribution in [0.5, 0.6) is 0 Å². The topological polar surface area (TPSA) is 149 Å². The summed E-state index contributed by atoms with van der Waals surface area (Å²) in [6, 6.07) is 0. The maximum absolute atomic E-state index is 12.8. The minimum atomic E-state index is -4.46. The van der Waals surface area contributed by atoms with Gasteiger partial charge in [0.25, 0.3) is 0 Å². The van der Waals surface area contributed by atoms with E-state index in [9.17, 15) is 29.3 Å². The Morgan fingerprint density at radius 2 is 0.984 bits per heavy atom. The number of aliphatic hydroxyl groups is 2. The van der Waals surface area contributed by atoms with Crippen molar-refractivity contribution in [2.45, 2.75) is 225 Å².